The van der Waals surface area contributed by atoms with Gasteiger partial charge in [0.25, 0.3) is 0 Å². The van der Waals surface area contributed by atoms with Crippen molar-refractivity contribution in [3.8, 4) is 16.9 Å². The molecule has 3 rings (SSSR count). The standard InChI is InChI=1S/C22H28OS/c1-4-5-6-7-8-14-23-21-18-11-9-17(16(2)3)10-12-19(18)22-20(21)13-15-24-22/h9-13,15-16H,4-8,14H2,1-3H3. The van der Waals surface area contributed by atoms with E-state index in [1.165, 1.54) is 52.5 Å². The van der Waals surface area contributed by atoms with Gasteiger partial charge in [-0.15, -0.1) is 11.3 Å². The Bertz CT molecular complexity index is 756. The number of rotatable bonds is 8. The molecular formula is C22H28OS. The van der Waals surface area contributed by atoms with Crippen molar-refractivity contribution in [1.82, 2.24) is 0 Å². The van der Waals surface area contributed by atoms with E-state index in [1.54, 1.807) is 0 Å². The molecule has 0 atom stereocenters. The van der Waals surface area contributed by atoms with Crippen LogP contribution in [0.3, 0.4) is 0 Å². The molecule has 2 heteroatoms. The Morgan fingerprint density at radius 3 is 2.42 bits per heavy atom. The highest BCUT2D eigenvalue weighted by Crippen LogP contribution is 2.47. The fourth-order valence-corrected chi connectivity index (χ4v) is 4.19. The Hall–Kier alpha value is -1.54. The predicted molar refractivity (Wildman–Crippen MR) is 107 cm³/mol. The zero-order valence-corrected chi connectivity index (χ0v) is 15.9. The van der Waals surface area contributed by atoms with Crippen LogP contribution >= 0.6 is 11.3 Å². The zero-order valence-electron chi connectivity index (χ0n) is 15.1. The van der Waals surface area contributed by atoms with E-state index < -0.39 is 0 Å². The Balaban J connectivity index is 1.84. The van der Waals surface area contributed by atoms with E-state index >= 15 is 0 Å². The van der Waals surface area contributed by atoms with Crippen molar-refractivity contribution in [2.24, 2.45) is 0 Å². The minimum atomic E-state index is 0.545. The van der Waals surface area contributed by atoms with Crippen molar-refractivity contribution in [3.05, 3.63) is 41.3 Å². The lowest BCUT2D eigenvalue weighted by Gasteiger charge is -2.07. The van der Waals surface area contributed by atoms with Crippen LogP contribution in [-0.2, 0) is 0 Å². The maximum Gasteiger partial charge on any atom is 0.135 e. The van der Waals surface area contributed by atoms with Gasteiger partial charge in [-0.05, 0) is 29.3 Å². The van der Waals surface area contributed by atoms with Crippen LogP contribution in [0.25, 0.3) is 21.2 Å². The molecule has 128 valence electrons. The first-order chi connectivity index (χ1) is 11.7. The molecule has 0 bridgehead atoms. The fourth-order valence-electron chi connectivity index (χ4n) is 3.25. The lowest BCUT2D eigenvalue weighted by atomic mass is 10.1. The Labute approximate surface area is 150 Å². The number of unbranched alkanes of at least 4 members (excludes halogenated alkanes) is 4. The van der Waals surface area contributed by atoms with Gasteiger partial charge in [0.05, 0.1) is 6.61 Å². The summed E-state index contributed by atoms with van der Waals surface area (Å²) >= 11 is 1.82. The molecule has 0 spiro atoms. The second kappa shape index (κ2) is 8.02. The molecule has 1 nitrogen and oxygen atoms in total. The zero-order chi connectivity index (χ0) is 16.9. The minimum Gasteiger partial charge on any atom is -0.492 e. The van der Waals surface area contributed by atoms with Crippen molar-refractivity contribution in [1.29, 1.82) is 0 Å². The first-order valence-corrected chi connectivity index (χ1v) is 10.2. The number of fused-ring (bicyclic) bond motifs is 3. The van der Waals surface area contributed by atoms with Gasteiger partial charge in [-0.25, -0.2) is 0 Å². The monoisotopic (exact) mass is 340 g/mol. The lowest BCUT2D eigenvalue weighted by molar-refractivity contribution is 0.309. The summed E-state index contributed by atoms with van der Waals surface area (Å²) < 4.78 is 7.62. The topological polar surface area (TPSA) is 9.23 Å². The highest BCUT2D eigenvalue weighted by Gasteiger charge is 2.19. The Kier molecular flexibility index (Phi) is 5.78. The molecule has 1 aromatic heterocycles. The third kappa shape index (κ3) is 3.59. The number of ether oxygens (including phenoxy) is 1. The van der Waals surface area contributed by atoms with Crippen LogP contribution in [0, 0.1) is 0 Å². The van der Waals surface area contributed by atoms with Gasteiger partial charge in [0.15, 0.2) is 0 Å². The van der Waals surface area contributed by atoms with Crippen LogP contribution in [0.1, 0.15) is 64.4 Å². The lowest BCUT2D eigenvalue weighted by Crippen LogP contribution is -1.97. The van der Waals surface area contributed by atoms with Gasteiger partial charge in [-0.2, -0.15) is 0 Å². The highest BCUT2D eigenvalue weighted by molar-refractivity contribution is 7.18. The summed E-state index contributed by atoms with van der Waals surface area (Å²) in [6.07, 6.45) is 6.36. The molecule has 0 fully saturated rings. The maximum atomic E-state index is 6.26. The predicted octanol–water partition coefficient (Wildman–Crippen LogP) is 7.48. The van der Waals surface area contributed by atoms with Gasteiger partial charge >= 0.3 is 0 Å². The van der Waals surface area contributed by atoms with Gasteiger partial charge in [-0.1, -0.05) is 70.7 Å². The molecule has 0 aromatic carbocycles. The van der Waals surface area contributed by atoms with Crippen molar-refractivity contribution < 1.29 is 4.74 Å². The summed E-state index contributed by atoms with van der Waals surface area (Å²) in [4.78, 5) is 0. The van der Waals surface area contributed by atoms with Gasteiger partial charge in [0, 0.05) is 21.2 Å². The summed E-state index contributed by atoms with van der Waals surface area (Å²) in [5.41, 5.74) is 3.96. The molecule has 0 amide bonds. The number of hydrogen-bond donors (Lipinski definition) is 0. The molecule has 0 saturated carbocycles. The number of thiophene rings is 1. The van der Waals surface area contributed by atoms with Crippen LogP contribution in [0.5, 0.6) is 5.75 Å². The van der Waals surface area contributed by atoms with Gasteiger partial charge in [-0.3, -0.25) is 0 Å². The molecule has 2 aliphatic carbocycles. The molecule has 0 aliphatic heterocycles. The summed E-state index contributed by atoms with van der Waals surface area (Å²) in [7, 11) is 0. The van der Waals surface area contributed by atoms with Crippen LogP contribution < -0.4 is 4.74 Å². The molecule has 2 aliphatic rings. The molecular weight excluding hydrogens is 312 g/mol. The SMILES string of the molecule is CCCCCCCOc1c2ccc(C(C)C)ccc-2c2sccc12. The smallest absolute Gasteiger partial charge is 0.135 e. The maximum absolute atomic E-state index is 6.26. The molecule has 0 unspecified atom stereocenters. The normalized spacial score (nSPS) is 11.7. The molecule has 1 heterocycles. The average molecular weight is 341 g/mol. The quantitative estimate of drug-likeness (QED) is 0.386. The van der Waals surface area contributed by atoms with Crippen molar-refractivity contribution in [3.63, 3.8) is 0 Å². The molecule has 0 saturated heterocycles. The first-order valence-electron chi connectivity index (χ1n) is 9.28. The second-order valence-electron chi connectivity index (χ2n) is 6.90. The van der Waals surface area contributed by atoms with Crippen molar-refractivity contribution in [2.45, 2.75) is 58.8 Å². The van der Waals surface area contributed by atoms with Gasteiger partial charge in [0.1, 0.15) is 5.75 Å². The largest absolute Gasteiger partial charge is 0.492 e. The van der Waals surface area contributed by atoms with Crippen molar-refractivity contribution >= 4 is 21.4 Å². The van der Waals surface area contributed by atoms with E-state index in [-0.39, 0.29) is 0 Å². The summed E-state index contributed by atoms with van der Waals surface area (Å²) in [6.45, 7) is 7.57. The third-order valence-corrected chi connectivity index (χ3v) is 5.68. The van der Waals surface area contributed by atoms with E-state index in [4.69, 9.17) is 4.74 Å². The van der Waals surface area contributed by atoms with Crippen molar-refractivity contribution in [2.75, 3.05) is 6.61 Å². The van der Waals surface area contributed by atoms with E-state index in [2.05, 4.69) is 56.5 Å². The third-order valence-electron chi connectivity index (χ3n) is 4.74. The molecule has 1 aromatic rings. The van der Waals surface area contributed by atoms with Gasteiger partial charge in [0.2, 0.25) is 0 Å². The first kappa shape index (κ1) is 17.3. The van der Waals surface area contributed by atoms with E-state index in [9.17, 15) is 0 Å². The van der Waals surface area contributed by atoms with E-state index in [0.29, 0.717) is 5.92 Å². The average Bonchev–Trinajstić information content (AvgIpc) is 3.05. The fraction of sp³-hybridized carbons (Fsp3) is 0.455. The summed E-state index contributed by atoms with van der Waals surface area (Å²) in [5.74, 6) is 1.63. The Morgan fingerprint density at radius 2 is 1.67 bits per heavy atom. The van der Waals surface area contributed by atoms with Crippen LogP contribution in [0.15, 0.2) is 35.7 Å². The summed E-state index contributed by atoms with van der Waals surface area (Å²) in [5, 5.41) is 3.45. The van der Waals surface area contributed by atoms with Crippen LogP contribution in [0.2, 0.25) is 0 Å². The van der Waals surface area contributed by atoms with E-state index in [0.717, 1.165) is 18.8 Å². The van der Waals surface area contributed by atoms with Crippen LogP contribution in [0.4, 0.5) is 0 Å². The molecule has 0 N–H and O–H groups in total. The summed E-state index contributed by atoms with van der Waals surface area (Å²) in [6, 6.07) is 11.3. The van der Waals surface area contributed by atoms with E-state index in [1.807, 2.05) is 11.3 Å². The highest BCUT2D eigenvalue weighted by atomic mass is 32.1. The second-order valence-corrected chi connectivity index (χ2v) is 7.82. The minimum absolute atomic E-state index is 0.545. The Morgan fingerprint density at radius 1 is 0.917 bits per heavy atom. The number of hydrogen-bond acceptors (Lipinski definition) is 2. The van der Waals surface area contributed by atoms with Gasteiger partial charge < -0.3 is 4.74 Å². The molecule has 0 radical (unpaired) electrons. The molecule has 24 heavy (non-hydrogen) atoms. The van der Waals surface area contributed by atoms with Crippen LogP contribution in [-0.4, -0.2) is 6.61 Å².